The van der Waals surface area contributed by atoms with E-state index < -0.39 is 17.8 Å². The molecule has 6 heteroatoms. The van der Waals surface area contributed by atoms with Gasteiger partial charge in [0.2, 0.25) is 0 Å². The lowest BCUT2D eigenvalue weighted by molar-refractivity contribution is -0.143. The first-order chi connectivity index (χ1) is 14.3. The number of hydrogen-bond acceptors (Lipinski definition) is 4. The molecule has 0 aromatic heterocycles. The monoisotopic (exact) mass is 449 g/mol. The van der Waals surface area contributed by atoms with E-state index in [0.717, 1.165) is 40.8 Å². The number of aryl methyl sites for hydroxylation is 3. The number of carbonyl (C=O) groups is 1. The minimum atomic E-state index is -0.787. The maximum atomic E-state index is 14.9. The lowest BCUT2D eigenvalue weighted by Gasteiger charge is -2.19. The fourth-order valence-electron chi connectivity index (χ4n) is 3.54. The molecule has 0 saturated heterocycles. The maximum absolute atomic E-state index is 14.9. The predicted molar refractivity (Wildman–Crippen MR) is 126 cm³/mol. The fourth-order valence-corrected chi connectivity index (χ4v) is 3.54. The number of rotatable bonds is 10. The van der Waals surface area contributed by atoms with Gasteiger partial charge in [0, 0.05) is 17.2 Å². The van der Waals surface area contributed by atoms with Crippen molar-refractivity contribution in [2.45, 2.75) is 53.0 Å². The first-order valence-electron chi connectivity index (χ1n) is 10.3. The lowest BCUT2D eigenvalue weighted by atomic mass is 9.92. The summed E-state index contributed by atoms with van der Waals surface area (Å²) < 4.78 is 25.9. The quantitative estimate of drug-likeness (QED) is 0.269. The molecule has 170 valence electrons. The van der Waals surface area contributed by atoms with Crippen molar-refractivity contribution in [2.75, 3.05) is 13.2 Å². The average Bonchev–Trinajstić information content (AvgIpc) is 2.67. The highest BCUT2D eigenvalue weighted by Gasteiger charge is 2.21. The zero-order valence-corrected chi connectivity index (χ0v) is 19.6. The van der Waals surface area contributed by atoms with Crippen molar-refractivity contribution < 1.29 is 18.7 Å². The molecule has 0 bridgehead atoms. The standard InChI is InChI=1S/C25H32FNO3.ClH/c1-6-8-9-10-30-22-12-16(3)11-17(4)24(22)19-13-18(5)25(26)20(14-19)21(27)15-23(28)29-7-2;/h6,11-14,21H,1,7-10,15,27H2,2-5H3;1H/t21-;/m0./s1. The number of unbranched alkanes of at least 4 members (excludes halogenated alkanes) is 1. The summed E-state index contributed by atoms with van der Waals surface area (Å²) in [5.74, 6) is -0.0773. The van der Waals surface area contributed by atoms with Crippen molar-refractivity contribution in [3.63, 3.8) is 0 Å². The van der Waals surface area contributed by atoms with Crippen LogP contribution in [0.4, 0.5) is 4.39 Å². The van der Waals surface area contributed by atoms with E-state index in [1.54, 1.807) is 26.0 Å². The van der Waals surface area contributed by atoms with Crippen molar-refractivity contribution in [1.82, 2.24) is 0 Å². The number of benzene rings is 2. The summed E-state index contributed by atoms with van der Waals surface area (Å²) in [5.41, 5.74) is 10.8. The van der Waals surface area contributed by atoms with Crippen LogP contribution in [0.15, 0.2) is 36.9 Å². The van der Waals surface area contributed by atoms with Gasteiger partial charge in [0.05, 0.1) is 19.6 Å². The third-order valence-electron chi connectivity index (χ3n) is 4.92. The van der Waals surface area contributed by atoms with E-state index in [4.69, 9.17) is 15.2 Å². The third-order valence-corrected chi connectivity index (χ3v) is 4.92. The molecule has 0 aliphatic heterocycles. The zero-order chi connectivity index (χ0) is 22.3. The summed E-state index contributed by atoms with van der Waals surface area (Å²) in [4.78, 5) is 11.8. The molecular weight excluding hydrogens is 417 g/mol. The molecule has 2 aromatic rings. The SMILES string of the molecule is C=CCCCOc1cc(C)cc(C)c1-c1cc(C)c(F)c([C@@H](N)CC(=O)OCC)c1.Cl. The van der Waals surface area contributed by atoms with Gasteiger partial charge in [-0.1, -0.05) is 12.1 Å². The maximum Gasteiger partial charge on any atom is 0.307 e. The minimum absolute atomic E-state index is 0. The number of nitrogens with two attached hydrogens (primary N) is 1. The Hall–Kier alpha value is -2.37. The first kappa shape index (κ1) is 26.7. The van der Waals surface area contributed by atoms with Crippen LogP contribution in [0.2, 0.25) is 0 Å². The number of esters is 1. The van der Waals surface area contributed by atoms with E-state index in [-0.39, 0.29) is 25.4 Å². The Morgan fingerprint density at radius 2 is 1.90 bits per heavy atom. The molecule has 1 atom stereocenters. The molecule has 0 saturated carbocycles. The highest BCUT2D eigenvalue weighted by Crippen LogP contribution is 2.37. The Kier molecular flexibility index (Phi) is 10.7. The van der Waals surface area contributed by atoms with Crippen LogP contribution >= 0.6 is 12.4 Å². The number of allylic oxidation sites excluding steroid dienone is 1. The number of carbonyl (C=O) groups excluding carboxylic acids is 1. The van der Waals surface area contributed by atoms with Crippen molar-refractivity contribution in [2.24, 2.45) is 5.73 Å². The summed E-state index contributed by atoms with van der Waals surface area (Å²) in [5, 5.41) is 0. The van der Waals surface area contributed by atoms with Crippen molar-refractivity contribution in [3.05, 3.63) is 65.0 Å². The molecule has 0 radical (unpaired) electrons. The van der Waals surface area contributed by atoms with E-state index in [1.165, 1.54) is 0 Å². The topological polar surface area (TPSA) is 61.5 Å². The first-order valence-corrected chi connectivity index (χ1v) is 10.3. The third kappa shape index (κ3) is 7.08. The minimum Gasteiger partial charge on any atom is -0.493 e. The molecule has 31 heavy (non-hydrogen) atoms. The summed E-state index contributed by atoms with van der Waals surface area (Å²) in [7, 11) is 0. The molecule has 0 spiro atoms. The van der Waals surface area contributed by atoms with E-state index in [1.807, 2.05) is 26.0 Å². The summed E-state index contributed by atoms with van der Waals surface area (Å²) in [6.45, 7) is 12.0. The number of ether oxygens (including phenoxy) is 2. The molecular formula is C25H33ClFNO3. The zero-order valence-electron chi connectivity index (χ0n) is 18.8. The predicted octanol–water partition coefficient (Wildman–Crippen LogP) is 6.14. The molecule has 0 heterocycles. The molecule has 0 unspecified atom stereocenters. The largest absolute Gasteiger partial charge is 0.493 e. The number of hydrogen-bond donors (Lipinski definition) is 1. The van der Waals surface area contributed by atoms with E-state index in [9.17, 15) is 9.18 Å². The van der Waals surface area contributed by atoms with Gasteiger partial charge >= 0.3 is 5.97 Å². The van der Waals surface area contributed by atoms with Gasteiger partial charge in [-0.3, -0.25) is 4.79 Å². The average molecular weight is 450 g/mol. The van der Waals surface area contributed by atoms with E-state index in [2.05, 4.69) is 12.6 Å². The van der Waals surface area contributed by atoms with Gasteiger partial charge < -0.3 is 15.2 Å². The van der Waals surface area contributed by atoms with Gasteiger partial charge in [0.1, 0.15) is 11.6 Å². The van der Waals surface area contributed by atoms with Crippen molar-refractivity contribution in [1.29, 1.82) is 0 Å². The molecule has 0 fully saturated rings. The summed E-state index contributed by atoms with van der Waals surface area (Å²) in [6.07, 6.45) is 3.54. The second-order valence-electron chi connectivity index (χ2n) is 7.55. The molecule has 0 amide bonds. The highest BCUT2D eigenvalue weighted by atomic mass is 35.5. The van der Waals surface area contributed by atoms with Gasteiger partial charge in [-0.2, -0.15) is 0 Å². The van der Waals surface area contributed by atoms with Crippen LogP contribution in [0.1, 0.15) is 54.5 Å². The van der Waals surface area contributed by atoms with Crippen LogP contribution in [0.25, 0.3) is 11.1 Å². The summed E-state index contributed by atoms with van der Waals surface area (Å²) >= 11 is 0. The smallest absolute Gasteiger partial charge is 0.307 e. The Labute approximate surface area is 191 Å². The normalized spacial score (nSPS) is 11.4. The fraction of sp³-hybridized carbons (Fsp3) is 0.400. The van der Waals surface area contributed by atoms with Gasteiger partial charge in [0.15, 0.2) is 0 Å². The van der Waals surface area contributed by atoms with Crippen molar-refractivity contribution >= 4 is 18.4 Å². The molecule has 2 rings (SSSR count). The molecule has 0 aliphatic carbocycles. The van der Waals surface area contributed by atoms with Crippen LogP contribution in [-0.4, -0.2) is 19.2 Å². The Morgan fingerprint density at radius 1 is 1.19 bits per heavy atom. The van der Waals surface area contributed by atoms with Gasteiger partial charge in [0.25, 0.3) is 0 Å². The van der Waals surface area contributed by atoms with Gasteiger partial charge in [-0.05, 0) is 81.0 Å². The number of halogens is 2. The van der Waals surface area contributed by atoms with Crippen molar-refractivity contribution in [3.8, 4) is 16.9 Å². The second kappa shape index (κ2) is 12.5. The lowest BCUT2D eigenvalue weighted by Crippen LogP contribution is -2.19. The molecule has 2 N–H and O–H groups in total. The summed E-state index contributed by atoms with van der Waals surface area (Å²) in [6, 6.07) is 6.80. The second-order valence-corrected chi connectivity index (χ2v) is 7.55. The molecule has 2 aromatic carbocycles. The Balaban J connectivity index is 0.00000480. The van der Waals surface area contributed by atoms with Crippen LogP contribution in [0.5, 0.6) is 5.75 Å². The Bertz CT molecular complexity index is 914. The van der Waals surface area contributed by atoms with Crippen LogP contribution in [0, 0.1) is 26.6 Å². The van der Waals surface area contributed by atoms with Crippen LogP contribution < -0.4 is 10.5 Å². The van der Waals surface area contributed by atoms with E-state index >= 15 is 0 Å². The van der Waals surface area contributed by atoms with Gasteiger partial charge in [-0.15, -0.1) is 19.0 Å². The highest BCUT2D eigenvalue weighted by molar-refractivity contribution is 5.85. The van der Waals surface area contributed by atoms with Crippen LogP contribution in [0.3, 0.4) is 0 Å². The Morgan fingerprint density at radius 3 is 2.55 bits per heavy atom. The van der Waals surface area contributed by atoms with Crippen LogP contribution in [-0.2, 0) is 9.53 Å². The van der Waals surface area contributed by atoms with E-state index in [0.29, 0.717) is 17.7 Å². The molecule has 4 nitrogen and oxygen atoms in total. The molecule has 0 aliphatic rings. The van der Waals surface area contributed by atoms with Gasteiger partial charge in [-0.25, -0.2) is 4.39 Å².